The molecule has 1 heterocycles. The first kappa shape index (κ1) is 9.47. The van der Waals surface area contributed by atoms with E-state index in [0.29, 0.717) is 11.6 Å². The van der Waals surface area contributed by atoms with E-state index in [9.17, 15) is 0 Å². The summed E-state index contributed by atoms with van der Waals surface area (Å²) in [6.07, 6.45) is 6.77. The van der Waals surface area contributed by atoms with Crippen molar-refractivity contribution in [2.45, 2.75) is 63.6 Å². The smallest absolute Gasteiger partial charge is 0.0307 e. The maximum atomic E-state index is 3.78. The molecule has 1 aliphatic carbocycles. The van der Waals surface area contributed by atoms with Crippen molar-refractivity contribution in [3.05, 3.63) is 0 Å². The highest BCUT2D eigenvalue weighted by atomic mass is 15.2. The monoisotopic (exact) mass is 182 g/mol. The lowest BCUT2D eigenvalue weighted by molar-refractivity contribution is 0.129. The summed E-state index contributed by atoms with van der Waals surface area (Å²) in [5.74, 6) is 0. The summed E-state index contributed by atoms with van der Waals surface area (Å²) in [5, 5.41) is 7.52. The molecular formula is C11H22N2. The Morgan fingerprint density at radius 2 is 2.23 bits per heavy atom. The summed E-state index contributed by atoms with van der Waals surface area (Å²) in [7, 11) is 0. The average molecular weight is 182 g/mol. The van der Waals surface area contributed by atoms with Gasteiger partial charge in [-0.1, -0.05) is 19.8 Å². The first-order valence-electron chi connectivity index (χ1n) is 5.75. The van der Waals surface area contributed by atoms with Gasteiger partial charge in [0.25, 0.3) is 0 Å². The van der Waals surface area contributed by atoms with Gasteiger partial charge in [-0.2, -0.15) is 0 Å². The molecular weight excluding hydrogens is 160 g/mol. The van der Waals surface area contributed by atoms with E-state index in [1.54, 1.807) is 0 Å². The Morgan fingerprint density at radius 3 is 3.00 bits per heavy atom. The lowest BCUT2D eigenvalue weighted by Crippen LogP contribution is -2.68. The summed E-state index contributed by atoms with van der Waals surface area (Å²) >= 11 is 0. The van der Waals surface area contributed by atoms with Gasteiger partial charge >= 0.3 is 0 Å². The van der Waals surface area contributed by atoms with Gasteiger partial charge in [0, 0.05) is 24.2 Å². The predicted molar refractivity (Wildman–Crippen MR) is 55.9 cm³/mol. The van der Waals surface area contributed by atoms with Crippen LogP contribution in [0.25, 0.3) is 0 Å². The molecule has 13 heavy (non-hydrogen) atoms. The van der Waals surface area contributed by atoms with Gasteiger partial charge in [0.15, 0.2) is 0 Å². The maximum Gasteiger partial charge on any atom is 0.0307 e. The van der Waals surface area contributed by atoms with Gasteiger partial charge in [-0.3, -0.25) is 0 Å². The Morgan fingerprint density at radius 1 is 1.38 bits per heavy atom. The van der Waals surface area contributed by atoms with E-state index in [4.69, 9.17) is 0 Å². The third-order valence-electron chi connectivity index (χ3n) is 3.89. The molecule has 0 aromatic carbocycles. The molecule has 2 heteroatoms. The molecule has 1 saturated carbocycles. The maximum absolute atomic E-state index is 3.78. The Hall–Kier alpha value is -0.0800. The summed E-state index contributed by atoms with van der Waals surface area (Å²) in [5.41, 5.74) is 0.393. The van der Waals surface area contributed by atoms with E-state index in [1.807, 2.05) is 0 Å². The van der Waals surface area contributed by atoms with Crippen LogP contribution in [-0.4, -0.2) is 24.2 Å². The molecule has 2 fully saturated rings. The fourth-order valence-electron chi connectivity index (χ4n) is 2.77. The first-order chi connectivity index (χ1) is 6.24. The zero-order valence-electron chi connectivity index (χ0n) is 8.90. The van der Waals surface area contributed by atoms with Crippen LogP contribution in [0.4, 0.5) is 0 Å². The third kappa shape index (κ3) is 1.75. The topological polar surface area (TPSA) is 24.1 Å². The second kappa shape index (κ2) is 3.58. The molecule has 2 N–H and O–H groups in total. The van der Waals surface area contributed by atoms with Crippen LogP contribution in [-0.2, 0) is 0 Å². The van der Waals surface area contributed by atoms with Crippen molar-refractivity contribution in [3.8, 4) is 0 Å². The summed E-state index contributed by atoms with van der Waals surface area (Å²) in [6.45, 7) is 5.81. The minimum atomic E-state index is 0.393. The number of piperazine rings is 1. The molecule has 76 valence electrons. The summed E-state index contributed by atoms with van der Waals surface area (Å²) < 4.78 is 0. The molecule has 0 bridgehead atoms. The molecule has 3 atom stereocenters. The quantitative estimate of drug-likeness (QED) is 0.644. The van der Waals surface area contributed by atoms with Crippen molar-refractivity contribution in [2.75, 3.05) is 6.54 Å². The predicted octanol–water partition coefficient (Wildman–Crippen LogP) is 1.66. The van der Waals surface area contributed by atoms with E-state index in [-0.39, 0.29) is 0 Å². The van der Waals surface area contributed by atoms with Crippen molar-refractivity contribution in [2.24, 2.45) is 0 Å². The second-order valence-electron chi connectivity index (χ2n) is 4.87. The van der Waals surface area contributed by atoms with Crippen molar-refractivity contribution in [1.82, 2.24) is 10.6 Å². The molecule has 2 aliphatic rings. The van der Waals surface area contributed by atoms with Gasteiger partial charge in [-0.25, -0.2) is 0 Å². The average Bonchev–Trinajstić information content (AvgIpc) is 2.16. The summed E-state index contributed by atoms with van der Waals surface area (Å²) in [4.78, 5) is 0. The molecule has 2 rings (SSSR count). The van der Waals surface area contributed by atoms with Crippen LogP contribution in [0.5, 0.6) is 0 Å². The molecule has 0 aromatic rings. The molecule has 1 saturated heterocycles. The van der Waals surface area contributed by atoms with Crippen LogP contribution in [0.15, 0.2) is 0 Å². The van der Waals surface area contributed by atoms with Gasteiger partial charge in [0.1, 0.15) is 0 Å². The number of rotatable bonds is 1. The van der Waals surface area contributed by atoms with Crippen molar-refractivity contribution < 1.29 is 0 Å². The molecule has 0 amide bonds. The Kier molecular flexibility index (Phi) is 2.61. The normalized spacial score (nSPS) is 45.7. The molecule has 0 radical (unpaired) electrons. The second-order valence-corrected chi connectivity index (χ2v) is 4.87. The molecule has 0 aromatic heterocycles. The molecule has 2 nitrogen and oxygen atoms in total. The lowest BCUT2D eigenvalue weighted by Gasteiger charge is -2.49. The number of hydrogen-bond donors (Lipinski definition) is 2. The van der Waals surface area contributed by atoms with Gasteiger partial charge in [0.05, 0.1) is 0 Å². The minimum absolute atomic E-state index is 0.393. The zero-order chi connectivity index (χ0) is 9.31. The highest BCUT2D eigenvalue weighted by molar-refractivity contribution is 5.03. The fourth-order valence-corrected chi connectivity index (χ4v) is 2.77. The van der Waals surface area contributed by atoms with Gasteiger partial charge in [0.2, 0.25) is 0 Å². The number of hydrogen-bond acceptors (Lipinski definition) is 2. The minimum Gasteiger partial charge on any atom is -0.308 e. The SMILES string of the molecule is CC[C@@H]1CN[C@@]2(C)CCCC[C@@H]2N1. The number of nitrogens with one attached hydrogen (secondary N) is 2. The van der Waals surface area contributed by atoms with Crippen LogP contribution in [0, 0.1) is 0 Å². The number of fused-ring (bicyclic) bond motifs is 1. The third-order valence-corrected chi connectivity index (χ3v) is 3.89. The van der Waals surface area contributed by atoms with Crippen molar-refractivity contribution in [1.29, 1.82) is 0 Å². The van der Waals surface area contributed by atoms with Crippen LogP contribution >= 0.6 is 0 Å². The Bertz CT molecular complexity index is 181. The molecule has 0 spiro atoms. The fraction of sp³-hybridized carbons (Fsp3) is 1.00. The van der Waals surface area contributed by atoms with Crippen LogP contribution in [0.3, 0.4) is 0 Å². The van der Waals surface area contributed by atoms with Crippen molar-refractivity contribution in [3.63, 3.8) is 0 Å². The molecule has 0 unspecified atom stereocenters. The van der Waals surface area contributed by atoms with Crippen LogP contribution in [0.1, 0.15) is 46.0 Å². The summed E-state index contributed by atoms with van der Waals surface area (Å²) in [6, 6.07) is 1.43. The molecule has 1 aliphatic heterocycles. The zero-order valence-corrected chi connectivity index (χ0v) is 8.90. The Labute approximate surface area is 81.5 Å². The van der Waals surface area contributed by atoms with E-state index < -0.39 is 0 Å². The van der Waals surface area contributed by atoms with E-state index >= 15 is 0 Å². The van der Waals surface area contributed by atoms with E-state index in [0.717, 1.165) is 12.6 Å². The van der Waals surface area contributed by atoms with Gasteiger partial charge in [-0.05, 0) is 26.2 Å². The largest absolute Gasteiger partial charge is 0.308 e. The first-order valence-corrected chi connectivity index (χ1v) is 5.75. The van der Waals surface area contributed by atoms with Crippen LogP contribution < -0.4 is 10.6 Å². The van der Waals surface area contributed by atoms with Gasteiger partial charge < -0.3 is 10.6 Å². The van der Waals surface area contributed by atoms with Gasteiger partial charge in [-0.15, -0.1) is 0 Å². The van der Waals surface area contributed by atoms with E-state index in [2.05, 4.69) is 24.5 Å². The van der Waals surface area contributed by atoms with Crippen LogP contribution in [0.2, 0.25) is 0 Å². The van der Waals surface area contributed by atoms with Crippen molar-refractivity contribution >= 4 is 0 Å². The highest BCUT2D eigenvalue weighted by Crippen LogP contribution is 2.30. The standard InChI is InChI=1S/C11H22N2/c1-3-9-8-12-11(2)7-5-4-6-10(11)13-9/h9-10,12-13H,3-8H2,1-2H3/t9-,10+,11+/m1/s1. The highest BCUT2D eigenvalue weighted by Gasteiger charge is 2.39. The lowest BCUT2D eigenvalue weighted by atomic mass is 9.76. The van der Waals surface area contributed by atoms with E-state index in [1.165, 1.54) is 32.1 Å². The Balaban J connectivity index is 2.01.